The summed E-state index contributed by atoms with van der Waals surface area (Å²) in [4.78, 5) is 20.9. The number of carboxylic acids is 1. The van der Waals surface area contributed by atoms with Gasteiger partial charge in [0.2, 0.25) is 0 Å². The molecule has 7 heteroatoms. The Labute approximate surface area is 117 Å². The third kappa shape index (κ3) is 3.90. The van der Waals surface area contributed by atoms with Gasteiger partial charge in [-0.25, -0.2) is 9.97 Å². The van der Waals surface area contributed by atoms with Crippen molar-refractivity contribution < 1.29 is 9.90 Å². The third-order valence-electron chi connectivity index (χ3n) is 3.30. The molecule has 1 saturated heterocycles. The number of piperidine rings is 1. The van der Waals surface area contributed by atoms with E-state index in [9.17, 15) is 4.79 Å². The van der Waals surface area contributed by atoms with Crippen LogP contribution in [0.4, 0.5) is 5.82 Å². The monoisotopic (exact) mass is 275 g/mol. The molecule has 106 valence electrons. The molecule has 2 heterocycles. The van der Waals surface area contributed by atoms with Gasteiger partial charge in [-0.1, -0.05) is 0 Å². The van der Waals surface area contributed by atoms with Crippen molar-refractivity contribution in [2.24, 2.45) is 5.92 Å². The Morgan fingerprint density at radius 3 is 3.05 bits per heavy atom. The zero-order valence-corrected chi connectivity index (χ0v) is 11.1. The predicted octanol–water partition coefficient (Wildman–Crippen LogP) is 0.239. The van der Waals surface area contributed by atoms with Crippen molar-refractivity contribution in [2.45, 2.75) is 12.8 Å². The van der Waals surface area contributed by atoms with Crippen molar-refractivity contribution in [1.82, 2.24) is 15.3 Å². The van der Waals surface area contributed by atoms with Crippen molar-refractivity contribution in [1.29, 1.82) is 5.26 Å². The topological polar surface area (TPSA) is 102 Å². The zero-order valence-electron chi connectivity index (χ0n) is 11.1. The van der Waals surface area contributed by atoms with Crippen molar-refractivity contribution >= 4 is 11.8 Å². The van der Waals surface area contributed by atoms with Gasteiger partial charge in [0, 0.05) is 19.6 Å². The lowest BCUT2D eigenvalue weighted by molar-refractivity contribution is -0.136. The van der Waals surface area contributed by atoms with Gasteiger partial charge < -0.3 is 15.3 Å². The van der Waals surface area contributed by atoms with Crippen LogP contribution in [0.1, 0.15) is 18.5 Å². The van der Waals surface area contributed by atoms with Gasteiger partial charge in [0.15, 0.2) is 5.69 Å². The van der Waals surface area contributed by atoms with E-state index in [-0.39, 0.29) is 6.54 Å². The van der Waals surface area contributed by atoms with Gasteiger partial charge in [-0.15, -0.1) is 0 Å². The number of hydrogen-bond donors (Lipinski definition) is 2. The largest absolute Gasteiger partial charge is 0.480 e. The molecule has 7 nitrogen and oxygen atoms in total. The molecule has 0 aromatic carbocycles. The number of carbonyl (C=O) groups is 1. The van der Waals surface area contributed by atoms with Gasteiger partial charge in [0.05, 0.1) is 18.9 Å². The Morgan fingerprint density at radius 1 is 1.55 bits per heavy atom. The normalized spacial score (nSPS) is 18.6. The van der Waals surface area contributed by atoms with Gasteiger partial charge in [-0.05, 0) is 18.8 Å². The Hall–Kier alpha value is -2.20. The standard InChI is InChI=1S/C13H17N5O2/c14-4-11-6-17-12(7-16-11)18-3-1-2-10(9-18)5-15-8-13(19)20/h6-7,10,15H,1-3,5,8-9H2,(H,19,20). The van der Waals surface area contributed by atoms with E-state index in [0.717, 1.165) is 31.7 Å². The van der Waals surface area contributed by atoms with Gasteiger partial charge >= 0.3 is 5.97 Å². The summed E-state index contributed by atoms with van der Waals surface area (Å²) in [6, 6.07) is 1.95. The average molecular weight is 275 g/mol. The first-order valence-corrected chi connectivity index (χ1v) is 6.58. The third-order valence-corrected chi connectivity index (χ3v) is 3.30. The first-order chi connectivity index (χ1) is 9.69. The molecule has 1 aliphatic rings. The average Bonchev–Trinajstić information content (AvgIpc) is 2.47. The SMILES string of the molecule is N#Cc1cnc(N2CCCC(CNCC(=O)O)C2)cn1. The van der Waals surface area contributed by atoms with E-state index >= 15 is 0 Å². The minimum absolute atomic E-state index is 0.00677. The second kappa shape index (κ2) is 6.82. The Bertz CT molecular complexity index is 496. The molecule has 0 spiro atoms. The summed E-state index contributed by atoms with van der Waals surface area (Å²) in [5.41, 5.74) is 0.311. The van der Waals surface area contributed by atoms with Crippen LogP contribution in [0, 0.1) is 17.2 Å². The Morgan fingerprint density at radius 2 is 2.40 bits per heavy atom. The van der Waals surface area contributed by atoms with Crippen LogP contribution in [0.3, 0.4) is 0 Å². The highest BCUT2D eigenvalue weighted by Gasteiger charge is 2.21. The van der Waals surface area contributed by atoms with Crippen LogP contribution in [-0.2, 0) is 4.79 Å². The maximum absolute atomic E-state index is 10.5. The van der Waals surface area contributed by atoms with Gasteiger partial charge in [-0.2, -0.15) is 5.26 Å². The fourth-order valence-electron chi connectivity index (χ4n) is 2.37. The predicted molar refractivity (Wildman–Crippen MR) is 72.2 cm³/mol. The highest BCUT2D eigenvalue weighted by Crippen LogP contribution is 2.20. The number of rotatable bonds is 5. The quantitative estimate of drug-likeness (QED) is 0.793. The molecule has 1 aliphatic heterocycles. The number of aliphatic carboxylic acids is 1. The number of nitrogens with zero attached hydrogens (tertiary/aromatic N) is 4. The Balaban J connectivity index is 1.89. The summed E-state index contributed by atoms with van der Waals surface area (Å²) < 4.78 is 0. The summed E-state index contributed by atoms with van der Waals surface area (Å²) in [5.74, 6) is 0.336. The summed E-state index contributed by atoms with van der Waals surface area (Å²) in [7, 11) is 0. The van der Waals surface area contributed by atoms with Crippen LogP contribution in [0.2, 0.25) is 0 Å². The van der Waals surface area contributed by atoms with Crippen LogP contribution in [0.5, 0.6) is 0 Å². The molecule has 1 aromatic heterocycles. The molecule has 0 aliphatic carbocycles. The van der Waals surface area contributed by atoms with Crippen LogP contribution < -0.4 is 10.2 Å². The minimum Gasteiger partial charge on any atom is -0.480 e. The second-order valence-corrected chi connectivity index (χ2v) is 4.85. The van der Waals surface area contributed by atoms with E-state index in [4.69, 9.17) is 10.4 Å². The number of carboxylic acid groups (broad SMARTS) is 1. The minimum atomic E-state index is -0.837. The summed E-state index contributed by atoms with van der Waals surface area (Å²) >= 11 is 0. The molecular weight excluding hydrogens is 258 g/mol. The fraction of sp³-hybridized carbons (Fsp3) is 0.538. The van der Waals surface area contributed by atoms with E-state index in [1.165, 1.54) is 6.20 Å². The molecular formula is C13H17N5O2. The maximum Gasteiger partial charge on any atom is 0.317 e. The maximum atomic E-state index is 10.5. The molecule has 1 atom stereocenters. The molecule has 0 radical (unpaired) electrons. The smallest absolute Gasteiger partial charge is 0.317 e. The molecule has 0 amide bonds. The lowest BCUT2D eigenvalue weighted by atomic mass is 9.98. The van der Waals surface area contributed by atoms with Crippen molar-refractivity contribution in [3.05, 3.63) is 18.1 Å². The van der Waals surface area contributed by atoms with Crippen LogP contribution in [0.15, 0.2) is 12.4 Å². The fourth-order valence-corrected chi connectivity index (χ4v) is 2.37. The Kier molecular flexibility index (Phi) is 4.85. The molecule has 20 heavy (non-hydrogen) atoms. The van der Waals surface area contributed by atoms with Crippen molar-refractivity contribution in [3.8, 4) is 6.07 Å². The van der Waals surface area contributed by atoms with Crippen molar-refractivity contribution in [3.63, 3.8) is 0 Å². The first kappa shape index (κ1) is 14.2. The number of hydrogen-bond acceptors (Lipinski definition) is 6. The summed E-state index contributed by atoms with van der Waals surface area (Å²) in [6.07, 6.45) is 5.21. The lowest BCUT2D eigenvalue weighted by Gasteiger charge is -2.33. The van der Waals surface area contributed by atoms with E-state index in [1.807, 2.05) is 6.07 Å². The van der Waals surface area contributed by atoms with Gasteiger partial charge in [0.1, 0.15) is 11.9 Å². The van der Waals surface area contributed by atoms with E-state index in [1.54, 1.807) is 6.20 Å². The van der Waals surface area contributed by atoms with Crippen molar-refractivity contribution in [2.75, 3.05) is 31.1 Å². The molecule has 2 N–H and O–H groups in total. The molecule has 0 saturated carbocycles. The van der Waals surface area contributed by atoms with E-state index < -0.39 is 5.97 Å². The van der Waals surface area contributed by atoms with Gasteiger partial charge in [0.25, 0.3) is 0 Å². The number of nitrogens with one attached hydrogen (secondary N) is 1. The van der Waals surface area contributed by atoms with Crippen LogP contribution in [0.25, 0.3) is 0 Å². The van der Waals surface area contributed by atoms with Crippen LogP contribution >= 0.6 is 0 Å². The lowest BCUT2D eigenvalue weighted by Crippen LogP contribution is -2.41. The molecule has 1 fully saturated rings. The highest BCUT2D eigenvalue weighted by atomic mass is 16.4. The summed E-state index contributed by atoms with van der Waals surface area (Å²) in [5, 5.41) is 20.2. The molecule has 0 bridgehead atoms. The molecule has 2 rings (SSSR count). The highest BCUT2D eigenvalue weighted by molar-refractivity contribution is 5.68. The number of nitriles is 1. The zero-order chi connectivity index (χ0) is 14.4. The number of aromatic nitrogens is 2. The van der Waals surface area contributed by atoms with E-state index in [0.29, 0.717) is 18.2 Å². The summed E-state index contributed by atoms with van der Waals surface area (Å²) in [6.45, 7) is 2.42. The van der Waals surface area contributed by atoms with Crippen LogP contribution in [-0.4, -0.2) is 47.2 Å². The van der Waals surface area contributed by atoms with Gasteiger partial charge in [-0.3, -0.25) is 4.79 Å². The number of anilines is 1. The molecule has 1 unspecified atom stereocenters. The second-order valence-electron chi connectivity index (χ2n) is 4.85. The first-order valence-electron chi connectivity index (χ1n) is 6.58. The molecule has 1 aromatic rings. The van der Waals surface area contributed by atoms with E-state index in [2.05, 4.69) is 20.2 Å².